The smallest absolute Gasteiger partial charge is 0.225 e. The number of aromatic nitrogens is 1. The summed E-state index contributed by atoms with van der Waals surface area (Å²) < 4.78 is 5.30. The molecule has 0 fully saturated rings. The number of halogens is 1. The summed E-state index contributed by atoms with van der Waals surface area (Å²) in [5.74, 6) is 0.0188. The number of carbonyl (C=O) groups is 1. The number of thiophene rings is 1. The van der Waals surface area contributed by atoms with E-state index in [0.29, 0.717) is 13.0 Å². The molecular weight excluding hydrogens is 382 g/mol. The van der Waals surface area contributed by atoms with E-state index in [1.807, 2.05) is 35.7 Å². The molecule has 1 unspecified atom stereocenters. The van der Waals surface area contributed by atoms with E-state index in [-0.39, 0.29) is 11.8 Å². The number of hydrogen-bond donors (Lipinski definition) is 2. The predicted octanol–water partition coefficient (Wildman–Crippen LogP) is 4.19. The second kappa shape index (κ2) is 6.87. The first kappa shape index (κ1) is 15.6. The summed E-state index contributed by atoms with van der Waals surface area (Å²) in [6, 6.07) is 9.73. The second-order valence-electron chi connectivity index (χ2n) is 4.91. The first-order valence-electron chi connectivity index (χ1n) is 6.75. The van der Waals surface area contributed by atoms with Crippen LogP contribution in [0, 0.1) is 0 Å². The highest BCUT2D eigenvalue weighted by molar-refractivity contribution is 9.11. The van der Waals surface area contributed by atoms with Gasteiger partial charge in [0.1, 0.15) is 0 Å². The van der Waals surface area contributed by atoms with Crippen LogP contribution in [0.15, 0.2) is 39.5 Å². The Morgan fingerprint density at radius 3 is 2.95 bits per heavy atom. The Hall–Kier alpha value is -1.28. The number of fused-ring (bicyclic) bond motifs is 1. The number of nitrogens with two attached hydrogens (primary N) is 1. The van der Waals surface area contributed by atoms with Crippen molar-refractivity contribution in [1.29, 1.82) is 0 Å². The van der Waals surface area contributed by atoms with Crippen molar-refractivity contribution in [3.05, 3.63) is 44.4 Å². The van der Waals surface area contributed by atoms with Gasteiger partial charge in [-0.05, 0) is 57.8 Å². The van der Waals surface area contributed by atoms with Gasteiger partial charge in [0.15, 0.2) is 0 Å². The van der Waals surface area contributed by atoms with E-state index in [2.05, 4.69) is 25.6 Å². The summed E-state index contributed by atoms with van der Waals surface area (Å²) in [7, 11) is 0. The van der Waals surface area contributed by atoms with E-state index in [9.17, 15) is 4.79 Å². The number of anilines is 1. The molecule has 2 aromatic heterocycles. The van der Waals surface area contributed by atoms with Gasteiger partial charge in [-0.1, -0.05) is 0 Å². The van der Waals surface area contributed by atoms with Gasteiger partial charge in [-0.25, -0.2) is 0 Å². The van der Waals surface area contributed by atoms with E-state index in [1.165, 1.54) is 11.5 Å². The number of rotatable bonds is 5. The van der Waals surface area contributed by atoms with Crippen LogP contribution in [0.4, 0.5) is 5.69 Å². The van der Waals surface area contributed by atoms with Gasteiger partial charge in [0.25, 0.3) is 0 Å². The molecule has 3 rings (SSSR count). The molecule has 0 aliphatic carbocycles. The molecule has 7 heteroatoms. The largest absolute Gasteiger partial charge is 0.330 e. The molecule has 0 aliphatic heterocycles. The number of hydrogen-bond acceptors (Lipinski definition) is 5. The summed E-state index contributed by atoms with van der Waals surface area (Å²) in [6.07, 6.45) is 0.378. The van der Waals surface area contributed by atoms with Crippen molar-refractivity contribution in [2.24, 2.45) is 5.73 Å². The van der Waals surface area contributed by atoms with Crippen LogP contribution in [0.1, 0.15) is 17.2 Å². The molecule has 0 aliphatic rings. The third kappa shape index (κ3) is 3.55. The Labute approximate surface area is 144 Å². The summed E-state index contributed by atoms with van der Waals surface area (Å²) in [5.41, 5.74) is 7.56. The zero-order valence-electron chi connectivity index (χ0n) is 11.6. The lowest BCUT2D eigenvalue weighted by molar-refractivity contribution is -0.116. The first-order valence-corrected chi connectivity index (χ1v) is 9.19. The van der Waals surface area contributed by atoms with Crippen molar-refractivity contribution in [2.75, 3.05) is 11.9 Å². The topological polar surface area (TPSA) is 68.0 Å². The Bertz CT molecular complexity index is 799. The lowest BCUT2D eigenvalue weighted by Gasteiger charge is -2.13. The molecule has 1 aromatic carbocycles. The van der Waals surface area contributed by atoms with Crippen molar-refractivity contribution in [3.8, 4) is 0 Å². The Balaban J connectivity index is 1.68. The minimum absolute atomic E-state index is 0.0255. The molecule has 4 nitrogen and oxygen atoms in total. The molecular formula is C15H14BrN3OS2. The van der Waals surface area contributed by atoms with Gasteiger partial charge in [0.2, 0.25) is 5.91 Å². The molecule has 1 amide bonds. The third-order valence-corrected chi connectivity index (χ3v) is 5.80. The Morgan fingerprint density at radius 2 is 2.23 bits per heavy atom. The van der Waals surface area contributed by atoms with E-state index in [4.69, 9.17) is 5.73 Å². The van der Waals surface area contributed by atoms with Crippen molar-refractivity contribution < 1.29 is 4.79 Å². The van der Waals surface area contributed by atoms with Crippen LogP contribution in [0.3, 0.4) is 0 Å². The maximum atomic E-state index is 12.2. The SMILES string of the molecule is NCC(CC(=O)Nc1ccc2nscc2c1)c1ccc(Br)s1. The molecule has 0 radical (unpaired) electrons. The molecule has 1 atom stereocenters. The maximum Gasteiger partial charge on any atom is 0.225 e. The van der Waals surface area contributed by atoms with E-state index in [0.717, 1.165) is 25.3 Å². The van der Waals surface area contributed by atoms with Crippen LogP contribution in [-0.4, -0.2) is 16.8 Å². The number of benzene rings is 1. The van der Waals surface area contributed by atoms with E-state index >= 15 is 0 Å². The minimum atomic E-state index is -0.0255. The fourth-order valence-corrected chi connectivity index (χ4v) is 4.40. The van der Waals surface area contributed by atoms with Gasteiger partial charge in [-0.15, -0.1) is 11.3 Å². The summed E-state index contributed by atoms with van der Waals surface area (Å²) in [5, 5.41) is 5.95. The standard InChI is InChI=1S/C15H14BrN3OS2/c16-14-4-3-13(22-14)9(7-17)6-15(20)18-11-1-2-12-10(5-11)8-21-19-12/h1-5,8-9H,6-7,17H2,(H,18,20). The average molecular weight is 396 g/mol. The summed E-state index contributed by atoms with van der Waals surface area (Å²) >= 11 is 6.47. The summed E-state index contributed by atoms with van der Waals surface area (Å²) in [6.45, 7) is 0.452. The number of nitrogens with one attached hydrogen (secondary N) is 1. The molecule has 0 saturated heterocycles. The Kier molecular flexibility index (Phi) is 4.87. The second-order valence-corrected chi connectivity index (χ2v) is 8.04. The first-order chi connectivity index (χ1) is 10.7. The van der Waals surface area contributed by atoms with Gasteiger partial charge in [-0.3, -0.25) is 4.79 Å². The van der Waals surface area contributed by atoms with Gasteiger partial charge in [-0.2, -0.15) is 4.37 Å². The van der Waals surface area contributed by atoms with Crippen LogP contribution in [0.2, 0.25) is 0 Å². The van der Waals surface area contributed by atoms with Crippen LogP contribution in [0.5, 0.6) is 0 Å². The highest BCUT2D eigenvalue weighted by Gasteiger charge is 2.16. The zero-order chi connectivity index (χ0) is 15.5. The molecule has 2 heterocycles. The summed E-state index contributed by atoms with van der Waals surface area (Å²) in [4.78, 5) is 13.4. The van der Waals surface area contributed by atoms with Crippen molar-refractivity contribution in [3.63, 3.8) is 0 Å². The number of amides is 1. The lowest BCUT2D eigenvalue weighted by Crippen LogP contribution is -2.20. The van der Waals surface area contributed by atoms with Crippen molar-refractivity contribution in [2.45, 2.75) is 12.3 Å². The molecule has 3 aromatic rings. The van der Waals surface area contributed by atoms with Gasteiger partial charge in [0, 0.05) is 40.2 Å². The van der Waals surface area contributed by atoms with Crippen LogP contribution in [0.25, 0.3) is 10.9 Å². The third-order valence-electron chi connectivity index (χ3n) is 3.35. The monoisotopic (exact) mass is 395 g/mol. The molecule has 0 saturated carbocycles. The van der Waals surface area contributed by atoms with Crippen LogP contribution in [-0.2, 0) is 4.79 Å². The highest BCUT2D eigenvalue weighted by Crippen LogP contribution is 2.30. The van der Waals surface area contributed by atoms with Crippen molar-refractivity contribution in [1.82, 2.24) is 4.37 Å². The fraction of sp³-hybridized carbons (Fsp3) is 0.200. The molecule has 3 N–H and O–H groups in total. The van der Waals surface area contributed by atoms with Gasteiger partial charge >= 0.3 is 0 Å². The lowest BCUT2D eigenvalue weighted by atomic mass is 10.0. The number of nitrogens with zero attached hydrogens (tertiary/aromatic N) is 1. The van der Waals surface area contributed by atoms with E-state index < -0.39 is 0 Å². The van der Waals surface area contributed by atoms with Crippen molar-refractivity contribution >= 4 is 61.3 Å². The molecule has 114 valence electrons. The number of carbonyl (C=O) groups excluding carboxylic acids is 1. The molecule has 0 spiro atoms. The average Bonchev–Trinajstić information content (AvgIpc) is 3.13. The highest BCUT2D eigenvalue weighted by atomic mass is 79.9. The molecule has 0 bridgehead atoms. The Morgan fingerprint density at radius 1 is 1.36 bits per heavy atom. The maximum absolute atomic E-state index is 12.2. The van der Waals surface area contributed by atoms with Gasteiger partial charge < -0.3 is 11.1 Å². The van der Waals surface area contributed by atoms with Crippen LogP contribution < -0.4 is 11.1 Å². The van der Waals surface area contributed by atoms with E-state index in [1.54, 1.807) is 11.3 Å². The quantitative estimate of drug-likeness (QED) is 0.680. The fourth-order valence-electron chi connectivity index (χ4n) is 2.23. The predicted molar refractivity (Wildman–Crippen MR) is 96.7 cm³/mol. The van der Waals surface area contributed by atoms with Gasteiger partial charge in [0.05, 0.1) is 9.30 Å². The minimum Gasteiger partial charge on any atom is -0.330 e. The normalized spacial score (nSPS) is 12.5. The zero-order valence-corrected chi connectivity index (χ0v) is 14.8. The molecule has 22 heavy (non-hydrogen) atoms. The van der Waals surface area contributed by atoms with Crippen LogP contribution >= 0.6 is 38.8 Å².